The van der Waals surface area contributed by atoms with E-state index in [9.17, 15) is 14.4 Å². The maximum Gasteiger partial charge on any atom is 0.409 e. The average Bonchev–Trinajstić information content (AvgIpc) is 2.63. The number of carbonyl (C=O) groups excluding carboxylic acids is 3. The van der Waals surface area contributed by atoms with E-state index in [0.29, 0.717) is 44.0 Å². The number of piperidine rings is 1. The number of hydrogen-bond acceptors (Lipinski definition) is 5. The third-order valence-electron chi connectivity index (χ3n) is 4.06. The van der Waals surface area contributed by atoms with Crippen molar-refractivity contribution in [1.82, 2.24) is 10.2 Å². The summed E-state index contributed by atoms with van der Waals surface area (Å²) in [6.45, 7) is 6.82. The lowest BCUT2D eigenvalue weighted by Gasteiger charge is -2.31. The zero-order valence-electron chi connectivity index (χ0n) is 16.0. The molecular weight excluding hydrogens is 350 g/mol. The van der Waals surface area contributed by atoms with Crippen LogP contribution >= 0.6 is 0 Å². The van der Waals surface area contributed by atoms with Gasteiger partial charge < -0.3 is 25.0 Å². The number of carbonyl (C=O) groups is 3. The summed E-state index contributed by atoms with van der Waals surface area (Å²) in [6.07, 6.45) is 0.749. The predicted molar refractivity (Wildman–Crippen MR) is 101 cm³/mol. The van der Waals surface area contributed by atoms with Crippen molar-refractivity contribution in [2.75, 3.05) is 25.0 Å². The Labute approximate surface area is 159 Å². The Morgan fingerprint density at radius 3 is 2.44 bits per heavy atom. The monoisotopic (exact) mass is 377 g/mol. The number of likely N-dealkylation sites (tertiary alicyclic amines) is 1. The van der Waals surface area contributed by atoms with Crippen LogP contribution < -0.4 is 15.4 Å². The lowest BCUT2D eigenvalue weighted by Crippen LogP contribution is -2.49. The van der Waals surface area contributed by atoms with Crippen LogP contribution in [0.15, 0.2) is 24.3 Å². The van der Waals surface area contributed by atoms with Gasteiger partial charge in [-0.3, -0.25) is 9.59 Å². The van der Waals surface area contributed by atoms with E-state index in [-0.39, 0.29) is 18.2 Å². The third kappa shape index (κ3) is 6.16. The molecule has 2 N–H and O–H groups in total. The smallest absolute Gasteiger partial charge is 0.409 e. The van der Waals surface area contributed by atoms with E-state index in [1.54, 1.807) is 36.1 Å². The normalized spacial score (nSPS) is 14.6. The van der Waals surface area contributed by atoms with Gasteiger partial charge in [-0.05, 0) is 45.7 Å². The Kier molecular flexibility index (Phi) is 7.45. The number of ether oxygens (including phenoxy) is 2. The molecule has 1 aliphatic heterocycles. The maximum absolute atomic E-state index is 12.2. The average molecular weight is 377 g/mol. The molecule has 0 radical (unpaired) electrons. The van der Waals surface area contributed by atoms with Crippen molar-refractivity contribution in [3.8, 4) is 5.75 Å². The molecular formula is C19H27N3O5. The summed E-state index contributed by atoms with van der Waals surface area (Å²) in [6, 6.07) is 6.81. The van der Waals surface area contributed by atoms with Gasteiger partial charge >= 0.3 is 17.9 Å². The van der Waals surface area contributed by atoms with Crippen molar-refractivity contribution in [2.24, 2.45) is 0 Å². The van der Waals surface area contributed by atoms with Crippen LogP contribution in [0.1, 0.15) is 33.6 Å². The molecule has 0 unspecified atom stereocenters. The summed E-state index contributed by atoms with van der Waals surface area (Å²) in [7, 11) is 0. The number of amides is 3. The highest BCUT2D eigenvalue weighted by molar-refractivity contribution is 6.39. The van der Waals surface area contributed by atoms with Crippen LogP contribution in [0.3, 0.4) is 0 Å². The highest BCUT2D eigenvalue weighted by Gasteiger charge is 2.26. The first-order valence-electron chi connectivity index (χ1n) is 9.20. The number of anilines is 1. The first-order chi connectivity index (χ1) is 12.9. The quantitative estimate of drug-likeness (QED) is 0.767. The molecule has 148 valence electrons. The second-order valence-corrected chi connectivity index (χ2v) is 6.55. The Hall–Kier alpha value is -2.77. The highest BCUT2D eigenvalue weighted by atomic mass is 16.6. The Morgan fingerprint density at radius 2 is 1.81 bits per heavy atom. The van der Waals surface area contributed by atoms with Crippen molar-refractivity contribution < 1.29 is 23.9 Å². The van der Waals surface area contributed by atoms with Crippen LogP contribution in [0.2, 0.25) is 0 Å². The minimum absolute atomic E-state index is 0.0542. The molecule has 0 atom stereocenters. The van der Waals surface area contributed by atoms with Gasteiger partial charge in [-0.15, -0.1) is 0 Å². The third-order valence-corrected chi connectivity index (χ3v) is 4.06. The van der Waals surface area contributed by atoms with Gasteiger partial charge in [-0.25, -0.2) is 4.79 Å². The van der Waals surface area contributed by atoms with Gasteiger partial charge in [-0.2, -0.15) is 0 Å². The fourth-order valence-corrected chi connectivity index (χ4v) is 2.78. The van der Waals surface area contributed by atoms with Gasteiger partial charge in [0, 0.05) is 19.1 Å². The standard InChI is InChI=1S/C19H27N3O5/c1-4-26-19(25)22-11-9-14(10-12-22)20-17(23)18(24)21-15-7-5-6-8-16(15)27-13(2)3/h5-8,13-14H,4,9-12H2,1-3H3,(H,20,23)(H,21,24). The molecule has 1 fully saturated rings. The van der Waals surface area contributed by atoms with Gasteiger partial charge in [0.2, 0.25) is 0 Å². The Morgan fingerprint density at radius 1 is 1.15 bits per heavy atom. The SMILES string of the molecule is CCOC(=O)N1CCC(NC(=O)C(=O)Nc2ccccc2OC(C)C)CC1. The van der Waals surface area contributed by atoms with Crippen LogP contribution in [0.4, 0.5) is 10.5 Å². The Balaban J connectivity index is 1.85. The number of para-hydroxylation sites is 2. The molecule has 8 heteroatoms. The van der Waals surface area contributed by atoms with Gasteiger partial charge in [0.25, 0.3) is 0 Å². The predicted octanol–water partition coefficient (Wildman–Crippen LogP) is 2.15. The highest BCUT2D eigenvalue weighted by Crippen LogP contribution is 2.24. The molecule has 3 amide bonds. The van der Waals surface area contributed by atoms with E-state index in [1.165, 1.54) is 0 Å². The van der Waals surface area contributed by atoms with E-state index in [4.69, 9.17) is 9.47 Å². The van der Waals surface area contributed by atoms with Gasteiger partial charge in [0.15, 0.2) is 0 Å². The van der Waals surface area contributed by atoms with Crippen molar-refractivity contribution in [1.29, 1.82) is 0 Å². The minimum atomic E-state index is -0.748. The molecule has 0 saturated carbocycles. The van der Waals surface area contributed by atoms with Gasteiger partial charge in [0.1, 0.15) is 5.75 Å². The lowest BCUT2D eigenvalue weighted by atomic mass is 10.1. The summed E-state index contributed by atoms with van der Waals surface area (Å²) in [5.74, 6) is -0.942. The molecule has 1 aromatic rings. The number of nitrogens with one attached hydrogen (secondary N) is 2. The first-order valence-corrected chi connectivity index (χ1v) is 9.20. The topological polar surface area (TPSA) is 97.0 Å². The molecule has 0 bridgehead atoms. The number of rotatable bonds is 5. The lowest BCUT2D eigenvalue weighted by molar-refractivity contribution is -0.136. The van der Waals surface area contributed by atoms with Crippen LogP contribution in [0.5, 0.6) is 5.75 Å². The van der Waals surface area contributed by atoms with Crippen molar-refractivity contribution >= 4 is 23.6 Å². The molecule has 8 nitrogen and oxygen atoms in total. The molecule has 1 aromatic carbocycles. The fraction of sp³-hybridized carbons (Fsp3) is 0.526. The van der Waals surface area contributed by atoms with E-state index < -0.39 is 11.8 Å². The van der Waals surface area contributed by atoms with Crippen molar-refractivity contribution in [3.63, 3.8) is 0 Å². The zero-order valence-corrected chi connectivity index (χ0v) is 16.0. The van der Waals surface area contributed by atoms with Crippen LogP contribution in [-0.4, -0.2) is 54.6 Å². The molecule has 1 aliphatic rings. The molecule has 0 aromatic heterocycles. The molecule has 0 aliphatic carbocycles. The number of benzene rings is 1. The zero-order chi connectivity index (χ0) is 19.8. The first kappa shape index (κ1) is 20.5. The van der Waals surface area contributed by atoms with Crippen molar-refractivity contribution in [3.05, 3.63) is 24.3 Å². The second-order valence-electron chi connectivity index (χ2n) is 6.55. The van der Waals surface area contributed by atoms with Gasteiger partial charge in [0.05, 0.1) is 18.4 Å². The summed E-state index contributed by atoms with van der Waals surface area (Å²) in [4.78, 5) is 37.7. The minimum Gasteiger partial charge on any atom is -0.489 e. The van der Waals surface area contributed by atoms with E-state index in [2.05, 4.69) is 10.6 Å². The molecule has 27 heavy (non-hydrogen) atoms. The van der Waals surface area contributed by atoms with Crippen LogP contribution in [0, 0.1) is 0 Å². The van der Waals surface area contributed by atoms with E-state index >= 15 is 0 Å². The summed E-state index contributed by atoms with van der Waals surface area (Å²) in [5, 5.41) is 5.31. The van der Waals surface area contributed by atoms with Crippen LogP contribution in [-0.2, 0) is 14.3 Å². The van der Waals surface area contributed by atoms with Crippen LogP contribution in [0.25, 0.3) is 0 Å². The summed E-state index contributed by atoms with van der Waals surface area (Å²) in [5.41, 5.74) is 0.448. The second kappa shape index (κ2) is 9.80. The number of hydrogen-bond donors (Lipinski definition) is 2. The van der Waals surface area contributed by atoms with Gasteiger partial charge in [-0.1, -0.05) is 12.1 Å². The number of nitrogens with zero attached hydrogens (tertiary/aromatic N) is 1. The van der Waals surface area contributed by atoms with Crippen molar-refractivity contribution in [2.45, 2.75) is 45.8 Å². The molecule has 1 heterocycles. The Bertz CT molecular complexity index is 669. The maximum atomic E-state index is 12.2. The molecule has 1 saturated heterocycles. The molecule has 0 spiro atoms. The molecule has 2 rings (SSSR count). The summed E-state index contributed by atoms with van der Waals surface area (Å²) >= 11 is 0. The van der Waals surface area contributed by atoms with E-state index in [0.717, 1.165) is 0 Å². The van der Waals surface area contributed by atoms with E-state index in [1.807, 2.05) is 13.8 Å². The fourth-order valence-electron chi connectivity index (χ4n) is 2.78. The largest absolute Gasteiger partial charge is 0.489 e. The summed E-state index contributed by atoms with van der Waals surface area (Å²) < 4.78 is 10.6.